The fraction of sp³-hybridized carbons (Fsp3) is 0.538. The van der Waals surface area contributed by atoms with Crippen LogP contribution in [0.5, 0.6) is 0 Å². The number of carbonyl (C=O) groups is 1. The molecule has 0 atom stereocenters. The second-order valence-corrected chi connectivity index (χ2v) is 3.91. The monoisotopic (exact) mass is 236 g/mol. The number of rotatable bonds is 7. The lowest BCUT2D eigenvalue weighted by atomic mass is 10.2. The maximum absolute atomic E-state index is 11.9. The fourth-order valence-corrected chi connectivity index (χ4v) is 1.61. The summed E-state index contributed by atoms with van der Waals surface area (Å²) in [5, 5.41) is 8.68. The van der Waals surface area contributed by atoms with Crippen molar-refractivity contribution in [3.05, 3.63) is 30.1 Å². The van der Waals surface area contributed by atoms with Crippen molar-refractivity contribution in [2.24, 2.45) is 0 Å². The summed E-state index contributed by atoms with van der Waals surface area (Å²) < 4.78 is 0. The van der Waals surface area contributed by atoms with Crippen molar-refractivity contribution in [1.82, 2.24) is 9.88 Å². The first kappa shape index (κ1) is 13.6. The van der Waals surface area contributed by atoms with E-state index < -0.39 is 0 Å². The lowest BCUT2D eigenvalue weighted by Crippen LogP contribution is -2.30. The summed E-state index contributed by atoms with van der Waals surface area (Å²) in [6.45, 7) is 3.37. The van der Waals surface area contributed by atoms with E-state index in [1.165, 1.54) is 0 Å². The van der Waals surface area contributed by atoms with Crippen molar-refractivity contribution in [2.75, 3.05) is 13.2 Å². The number of hydrogen-bond acceptors (Lipinski definition) is 3. The van der Waals surface area contributed by atoms with Crippen molar-refractivity contribution in [1.29, 1.82) is 0 Å². The molecule has 0 unspecified atom stereocenters. The van der Waals surface area contributed by atoms with Gasteiger partial charge in [0.15, 0.2) is 0 Å². The molecular formula is C13H20N2O2. The Bertz CT molecular complexity index is 327. The number of aliphatic hydroxyl groups is 1. The molecule has 17 heavy (non-hydrogen) atoms. The average Bonchev–Trinajstić information content (AvgIpc) is 2.37. The molecule has 0 saturated carbocycles. The average molecular weight is 236 g/mol. The minimum Gasteiger partial charge on any atom is -0.396 e. The Morgan fingerprint density at radius 1 is 1.41 bits per heavy atom. The molecule has 0 spiro atoms. The Kier molecular flexibility index (Phi) is 6.25. The predicted octanol–water partition coefficient (Wildman–Crippen LogP) is 1.59. The number of nitrogens with zero attached hydrogens (tertiary/aromatic N) is 2. The number of unbranched alkanes of at least 4 members (excludes halogenated alkanes) is 1. The molecule has 94 valence electrons. The summed E-state index contributed by atoms with van der Waals surface area (Å²) in [6.07, 6.45) is 3.67. The molecule has 1 aromatic rings. The second kappa shape index (κ2) is 7.79. The highest BCUT2D eigenvalue weighted by Gasteiger charge is 2.11. The van der Waals surface area contributed by atoms with Gasteiger partial charge in [-0.25, -0.2) is 0 Å². The molecule has 4 nitrogen and oxygen atoms in total. The van der Waals surface area contributed by atoms with Gasteiger partial charge in [-0.1, -0.05) is 6.07 Å². The van der Waals surface area contributed by atoms with Gasteiger partial charge in [0.25, 0.3) is 0 Å². The molecule has 0 fully saturated rings. The first-order chi connectivity index (χ1) is 8.27. The molecule has 0 aromatic carbocycles. The van der Waals surface area contributed by atoms with Crippen LogP contribution in [0.1, 0.15) is 31.9 Å². The van der Waals surface area contributed by atoms with Gasteiger partial charge in [-0.15, -0.1) is 0 Å². The molecule has 1 amide bonds. The normalized spacial score (nSPS) is 10.2. The number of hydrogen-bond donors (Lipinski definition) is 1. The number of pyridine rings is 1. The zero-order valence-corrected chi connectivity index (χ0v) is 10.3. The van der Waals surface area contributed by atoms with E-state index in [2.05, 4.69) is 4.98 Å². The third-order valence-corrected chi connectivity index (χ3v) is 2.61. The molecule has 0 saturated heterocycles. The molecule has 0 aliphatic carbocycles. The smallest absolute Gasteiger partial charge is 0.222 e. The molecule has 0 radical (unpaired) electrons. The van der Waals surface area contributed by atoms with Gasteiger partial charge in [-0.3, -0.25) is 9.78 Å². The maximum Gasteiger partial charge on any atom is 0.222 e. The van der Waals surface area contributed by atoms with Gasteiger partial charge in [-0.05, 0) is 31.9 Å². The van der Waals surface area contributed by atoms with Crippen LogP contribution in [0, 0.1) is 0 Å². The first-order valence-corrected chi connectivity index (χ1v) is 6.06. The molecule has 1 N–H and O–H groups in total. The van der Waals surface area contributed by atoms with Crippen LogP contribution in [0.2, 0.25) is 0 Å². The van der Waals surface area contributed by atoms with Crippen molar-refractivity contribution < 1.29 is 9.90 Å². The van der Waals surface area contributed by atoms with E-state index in [1.807, 2.05) is 25.1 Å². The Balaban J connectivity index is 2.45. The third-order valence-electron chi connectivity index (χ3n) is 2.61. The van der Waals surface area contributed by atoms with Crippen LogP contribution in [0.3, 0.4) is 0 Å². The Labute approximate surface area is 102 Å². The topological polar surface area (TPSA) is 53.4 Å². The summed E-state index contributed by atoms with van der Waals surface area (Å²) >= 11 is 0. The summed E-state index contributed by atoms with van der Waals surface area (Å²) in [6, 6.07) is 5.71. The SMILES string of the molecule is CCN(Cc1ccccn1)C(=O)CCCCO. The van der Waals surface area contributed by atoms with Crippen LogP contribution in [0.25, 0.3) is 0 Å². The highest BCUT2D eigenvalue weighted by Crippen LogP contribution is 2.05. The maximum atomic E-state index is 11.9. The summed E-state index contributed by atoms with van der Waals surface area (Å²) in [5.41, 5.74) is 0.907. The van der Waals surface area contributed by atoms with Gasteiger partial charge >= 0.3 is 0 Å². The molecule has 0 aliphatic rings. The molecule has 0 aliphatic heterocycles. The third kappa shape index (κ3) is 4.95. The zero-order chi connectivity index (χ0) is 12.5. The predicted molar refractivity (Wildman–Crippen MR) is 66.3 cm³/mol. The van der Waals surface area contributed by atoms with Gasteiger partial charge in [0.2, 0.25) is 5.91 Å². The highest BCUT2D eigenvalue weighted by atomic mass is 16.3. The van der Waals surface area contributed by atoms with Crippen LogP contribution < -0.4 is 0 Å². The van der Waals surface area contributed by atoms with Crippen LogP contribution in [0.15, 0.2) is 24.4 Å². The van der Waals surface area contributed by atoms with E-state index in [4.69, 9.17) is 5.11 Å². The van der Waals surface area contributed by atoms with Gasteiger partial charge < -0.3 is 10.0 Å². The Morgan fingerprint density at radius 2 is 2.24 bits per heavy atom. The van der Waals surface area contributed by atoms with Crippen LogP contribution in [-0.2, 0) is 11.3 Å². The summed E-state index contributed by atoms with van der Waals surface area (Å²) in [4.78, 5) is 17.9. The van der Waals surface area contributed by atoms with Crippen LogP contribution in [-0.4, -0.2) is 34.0 Å². The minimum atomic E-state index is 0.131. The van der Waals surface area contributed by atoms with E-state index in [0.717, 1.165) is 12.1 Å². The summed E-state index contributed by atoms with van der Waals surface area (Å²) in [7, 11) is 0. The number of amides is 1. The van der Waals surface area contributed by atoms with Crippen molar-refractivity contribution >= 4 is 5.91 Å². The Hall–Kier alpha value is -1.42. The van der Waals surface area contributed by atoms with Gasteiger partial charge in [0, 0.05) is 25.8 Å². The minimum absolute atomic E-state index is 0.131. The van der Waals surface area contributed by atoms with Crippen molar-refractivity contribution in [3.8, 4) is 0 Å². The van der Waals surface area contributed by atoms with Gasteiger partial charge in [-0.2, -0.15) is 0 Å². The van der Waals surface area contributed by atoms with E-state index in [1.54, 1.807) is 11.1 Å². The molecule has 1 aromatic heterocycles. The Morgan fingerprint density at radius 3 is 2.82 bits per heavy atom. The number of carbonyl (C=O) groups excluding carboxylic acids is 1. The highest BCUT2D eigenvalue weighted by molar-refractivity contribution is 5.76. The summed E-state index contributed by atoms with van der Waals surface area (Å²) in [5.74, 6) is 0.131. The molecular weight excluding hydrogens is 216 g/mol. The quantitative estimate of drug-likeness (QED) is 0.731. The molecule has 1 heterocycles. The van der Waals surface area contributed by atoms with E-state index >= 15 is 0 Å². The van der Waals surface area contributed by atoms with E-state index in [9.17, 15) is 4.79 Å². The van der Waals surface area contributed by atoms with Crippen molar-refractivity contribution in [3.63, 3.8) is 0 Å². The standard InChI is InChI=1S/C13H20N2O2/c1-2-15(13(17)8-4-6-10-16)11-12-7-3-5-9-14-12/h3,5,7,9,16H,2,4,6,8,10-11H2,1H3. The lowest BCUT2D eigenvalue weighted by Gasteiger charge is -2.20. The zero-order valence-electron chi connectivity index (χ0n) is 10.3. The first-order valence-electron chi connectivity index (χ1n) is 6.06. The molecule has 0 bridgehead atoms. The van der Waals surface area contributed by atoms with Crippen LogP contribution in [0.4, 0.5) is 0 Å². The number of aromatic nitrogens is 1. The van der Waals surface area contributed by atoms with E-state index in [-0.39, 0.29) is 12.5 Å². The largest absolute Gasteiger partial charge is 0.396 e. The number of aliphatic hydroxyl groups excluding tert-OH is 1. The molecule has 1 rings (SSSR count). The van der Waals surface area contributed by atoms with Gasteiger partial charge in [0.1, 0.15) is 0 Å². The van der Waals surface area contributed by atoms with E-state index in [0.29, 0.717) is 25.9 Å². The van der Waals surface area contributed by atoms with Gasteiger partial charge in [0.05, 0.1) is 12.2 Å². The van der Waals surface area contributed by atoms with Crippen molar-refractivity contribution in [2.45, 2.75) is 32.7 Å². The second-order valence-electron chi connectivity index (χ2n) is 3.91. The lowest BCUT2D eigenvalue weighted by molar-refractivity contribution is -0.131. The van der Waals surface area contributed by atoms with Crippen LogP contribution >= 0.6 is 0 Å². The fourth-order valence-electron chi connectivity index (χ4n) is 1.61. The molecule has 4 heteroatoms.